The van der Waals surface area contributed by atoms with Crippen LogP contribution in [0.4, 0.5) is 0 Å². The largest absolute Gasteiger partial charge is 0.413 e. The summed E-state index contributed by atoms with van der Waals surface area (Å²) in [6, 6.07) is 0. The molecule has 1 heterocycles. The fourth-order valence-corrected chi connectivity index (χ4v) is 8.73. The molecular formula is C14H30O2Si. The van der Waals surface area contributed by atoms with E-state index in [9.17, 15) is 0 Å². The van der Waals surface area contributed by atoms with Gasteiger partial charge in [-0.1, -0.05) is 41.5 Å². The van der Waals surface area contributed by atoms with Crippen LogP contribution < -0.4 is 0 Å². The van der Waals surface area contributed by atoms with Crippen LogP contribution in [0.15, 0.2) is 0 Å². The third-order valence-electron chi connectivity index (χ3n) is 4.36. The maximum absolute atomic E-state index is 6.49. The van der Waals surface area contributed by atoms with Crippen LogP contribution >= 0.6 is 0 Å². The van der Waals surface area contributed by atoms with E-state index in [0.29, 0.717) is 22.7 Å². The third-order valence-corrected chi connectivity index (χ3v) is 10.4. The molecule has 3 heteroatoms. The van der Waals surface area contributed by atoms with Gasteiger partial charge in [0.2, 0.25) is 0 Å². The van der Waals surface area contributed by atoms with E-state index in [1.807, 2.05) is 0 Å². The van der Waals surface area contributed by atoms with E-state index in [0.717, 1.165) is 6.61 Å². The summed E-state index contributed by atoms with van der Waals surface area (Å²) in [7, 11) is -1.69. The van der Waals surface area contributed by atoms with Crippen molar-refractivity contribution in [1.82, 2.24) is 0 Å². The molecule has 1 fully saturated rings. The normalized spacial score (nSPS) is 23.8. The molecule has 1 atom stereocenters. The van der Waals surface area contributed by atoms with Gasteiger partial charge < -0.3 is 9.16 Å². The second kappa shape index (κ2) is 5.02. The molecule has 0 radical (unpaired) electrons. The van der Waals surface area contributed by atoms with Crippen LogP contribution in [0, 0.1) is 0 Å². The van der Waals surface area contributed by atoms with Gasteiger partial charge in [0.05, 0.1) is 12.2 Å². The Balaban J connectivity index is 2.70. The van der Waals surface area contributed by atoms with Crippen LogP contribution in [0.5, 0.6) is 0 Å². The molecular weight excluding hydrogens is 228 g/mol. The Kier molecular flexibility index (Phi) is 4.49. The lowest BCUT2D eigenvalue weighted by molar-refractivity contribution is 0.232. The molecule has 0 saturated carbocycles. The van der Waals surface area contributed by atoms with E-state index < -0.39 is 8.32 Å². The first-order valence-corrected chi connectivity index (χ1v) is 9.10. The molecule has 0 bridgehead atoms. The molecule has 0 spiro atoms. The molecule has 0 aromatic rings. The Morgan fingerprint density at radius 2 is 1.35 bits per heavy atom. The molecule has 0 aliphatic carbocycles. The molecule has 102 valence electrons. The van der Waals surface area contributed by atoms with Gasteiger partial charge in [0, 0.05) is 0 Å². The number of rotatable bonds is 6. The Morgan fingerprint density at radius 3 is 1.59 bits per heavy atom. The number of ether oxygens (including phenoxy) is 1. The van der Waals surface area contributed by atoms with Crippen molar-refractivity contribution in [3.63, 3.8) is 0 Å². The summed E-state index contributed by atoms with van der Waals surface area (Å²) in [5, 5.41) is 0. The number of hydrogen-bond acceptors (Lipinski definition) is 2. The van der Waals surface area contributed by atoms with E-state index in [2.05, 4.69) is 55.4 Å². The van der Waals surface area contributed by atoms with Crippen LogP contribution in [0.3, 0.4) is 0 Å². The SMILES string of the molecule is CC(C)[Si](OCC1OC1(C)C)(C(C)C)C(C)C. The highest BCUT2D eigenvalue weighted by atomic mass is 28.4. The van der Waals surface area contributed by atoms with Gasteiger partial charge in [-0.2, -0.15) is 0 Å². The zero-order valence-electron chi connectivity index (χ0n) is 12.8. The third kappa shape index (κ3) is 2.94. The summed E-state index contributed by atoms with van der Waals surface area (Å²) in [6.07, 6.45) is 0.311. The van der Waals surface area contributed by atoms with Gasteiger partial charge in [-0.15, -0.1) is 0 Å². The van der Waals surface area contributed by atoms with E-state index in [4.69, 9.17) is 9.16 Å². The highest BCUT2D eigenvalue weighted by Crippen LogP contribution is 2.44. The van der Waals surface area contributed by atoms with Crippen molar-refractivity contribution in [3.05, 3.63) is 0 Å². The second-order valence-corrected chi connectivity index (χ2v) is 12.3. The Hall–Kier alpha value is 0.137. The standard InChI is InChI=1S/C14H30O2Si/c1-10(2)17(11(3)4,12(5)6)15-9-13-14(7,8)16-13/h10-13H,9H2,1-8H3. The highest BCUT2D eigenvalue weighted by molar-refractivity contribution is 6.77. The molecule has 1 aliphatic rings. The van der Waals surface area contributed by atoms with Gasteiger partial charge in [0.15, 0.2) is 8.32 Å². The lowest BCUT2D eigenvalue weighted by Crippen LogP contribution is -2.48. The predicted octanol–water partition coefficient (Wildman–Crippen LogP) is 4.36. The first-order valence-electron chi connectivity index (χ1n) is 6.96. The average molecular weight is 258 g/mol. The van der Waals surface area contributed by atoms with Crippen molar-refractivity contribution in [2.24, 2.45) is 0 Å². The summed E-state index contributed by atoms with van der Waals surface area (Å²) in [4.78, 5) is 0. The Bertz CT molecular complexity index is 237. The van der Waals surface area contributed by atoms with Crippen molar-refractivity contribution in [2.75, 3.05) is 6.61 Å². The summed E-state index contributed by atoms with van der Waals surface area (Å²) >= 11 is 0. The fourth-order valence-electron chi connectivity index (χ4n) is 3.29. The molecule has 0 amide bonds. The second-order valence-electron chi connectivity index (χ2n) is 6.84. The van der Waals surface area contributed by atoms with Crippen molar-refractivity contribution in [2.45, 2.75) is 83.7 Å². The van der Waals surface area contributed by atoms with Gasteiger partial charge in [0.25, 0.3) is 0 Å². The summed E-state index contributed by atoms with van der Waals surface area (Å²) in [5.41, 5.74) is 2.02. The molecule has 17 heavy (non-hydrogen) atoms. The van der Waals surface area contributed by atoms with Crippen molar-refractivity contribution < 1.29 is 9.16 Å². The van der Waals surface area contributed by atoms with E-state index >= 15 is 0 Å². The van der Waals surface area contributed by atoms with E-state index in [-0.39, 0.29) is 5.60 Å². The molecule has 0 N–H and O–H groups in total. The average Bonchev–Trinajstić information content (AvgIpc) is 2.73. The highest BCUT2D eigenvalue weighted by Gasteiger charge is 2.51. The molecule has 0 aromatic carbocycles. The van der Waals surface area contributed by atoms with Gasteiger partial charge in [-0.25, -0.2) is 0 Å². The smallest absolute Gasteiger partial charge is 0.200 e. The van der Waals surface area contributed by atoms with Crippen LogP contribution in [0.2, 0.25) is 16.6 Å². The Labute approximate surface area is 108 Å². The minimum Gasteiger partial charge on any atom is -0.413 e. The summed E-state index contributed by atoms with van der Waals surface area (Å²) in [6.45, 7) is 19.0. The number of hydrogen-bond donors (Lipinski definition) is 0. The van der Waals surface area contributed by atoms with Gasteiger partial charge >= 0.3 is 0 Å². The van der Waals surface area contributed by atoms with Gasteiger partial charge in [-0.3, -0.25) is 0 Å². The maximum Gasteiger partial charge on any atom is 0.200 e. The predicted molar refractivity (Wildman–Crippen MR) is 76.0 cm³/mol. The summed E-state index contributed by atoms with van der Waals surface area (Å²) < 4.78 is 12.1. The minimum absolute atomic E-state index is 0.0467. The molecule has 1 aliphatic heterocycles. The maximum atomic E-state index is 6.49. The quantitative estimate of drug-likeness (QED) is 0.522. The zero-order valence-corrected chi connectivity index (χ0v) is 13.8. The summed E-state index contributed by atoms with van der Waals surface area (Å²) in [5.74, 6) is 0. The van der Waals surface area contributed by atoms with Gasteiger partial charge in [0.1, 0.15) is 6.10 Å². The van der Waals surface area contributed by atoms with Crippen LogP contribution in [-0.4, -0.2) is 26.6 Å². The lowest BCUT2D eigenvalue weighted by atomic mass is 10.1. The van der Waals surface area contributed by atoms with Crippen molar-refractivity contribution in [1.29, 1.82) is 0 Å². The van der Waals surface area contributed by atoms with Crippen LogP contribution in [0.25, 0.3) is 0 Å². The molecule has 1 saturated heterocycles. The fraction of sp³-hybridized carbons (Fsp3) is 1.00. The lowest BCUT2D eigenvalue weighted by Gasteiger charge is -2.42. The number of epoxide rings is 1. The monoisotopic (exact) mass is 258 g/mol. The first-order chi connectivity index (χ1) is 7.64. The molecule has 1 rings (SSSR count). The molecule has 1 unspecified atom stereocenters. The van der Waals surface area contributed by atoms with Gasteiger partial charge in [-0.05, 0) is 30.5 Å². The molecule has 2 nitrogen and oxygen atoms in total. The Morgan fingerprint density at radius 1 is 1.00 bits per heavy atom. The molecule has 0 aromatic heterocycles. The zero-order chi connectivity index (χ0) is 13.4. The van der Waals surface area contributed by atoms with Crippen LogP contribution in [-0.2, 0) is 9.16 Å². The minimum atomic E-state index is -1.69. The van der Waals surface area contributed by atoms with Crippen LogP contribution in [0.1, 0.15) is 55.4 Å². The first kappa shape index (κ1) is 15.2. The van der Waals surface area contributed by atoms with E-state index in [1.165, 1.54) is 0 Å². The van der Waals surface area contributed by atoms with Crippen molar-refractivity contribution in [3.8, 4) is 0 Å². The topological polar surface area (TPSA) is 21.8 Å². The van der Waals surface area contributed by atoms with E-state index in [1.54, 1.807) is 0 Å². The van der Waals surface area contributed by atoms with Crippen molar-refractivity contribution >= 4 is 8.32 Å².